The SMILES string of the molecule is CNC(C)(C#N)CCCN1CCN(CC(C)C)CC1. The first-order valence-electron chi connectivity index (χ1n) is 7.54. The molecule has 1 N–H and O–H groups in total. The molecule has 0 bridgehead atoms. The van der Waals surface area contributed by atoms with Gasteiger partial charge in [-0.3, -0.25) is 0 Å². The third-order valence-corrected chi connectivity index (χ3v) is 4.04. The number of piperazine rings is 1. The van der Waals surface area contributed by atoms with Crippen molar-refractivity contribution in [2.45, 2.75) is 39.2 Å². The van der Waals surface area contributed by atoms with Crippen LogP contribution in [0.1, 0.15) is 33.6 Å². The lowest BCUT2D eigenvalue weighted by Gasteiger charge is -2.35. The summed E-state index contributed by atoms with van der Waals surface area (Å²) in [6.45, 7) is 13.6. The van der Waals surface area contributed by atoms with Gasteiger partial charge in [-0.15, -0.1) is 0 Å². The lowest BCUT2D eigenvalue weighted by Crippen LogP contribution is -2.48. The maximum atomic E-state index is 9.11. The Labute approximate surface area is 118 Å². The second kappa shape index (κ2) is 7.84. The number of nitrogens with one attached hydrogen (secondary N) is 1. The second-order valence-corrected chi connectivity index (χ2v) is 6.33. The van der Waals surface area contributed by atoms with E-state index < -0.39 is 0 Å². The van der Waals surface area contributed by atoms with E-state index in [9.17, 15) is 0 Å². The van der Waals surface area contributed by atoms with Crippen molar-refractivity contribution < 1.29 is 0 Å². The summed E-state index contributed by atoms with van der Waals surface area (Å²) in [6, 6.07) is 2.36. The summed E-state index contributed by atoms with van der Waals surface area (Å²) >= 11 is 0. The zero-order valence-electron chi connectivity index (χ0n) is 13.1. The number of hydrogen-bond acceptors (Lipinski definition) is 4. The fourth-order valence-electron chi connectivity index (χ4n) is 2.60. The third kappa shape index (κ3) is 5.90. The topological polar surface area (TPSA) is 42.3 Å². The van der Waals surface area contributed by atoms with E-state index in [1.807, 2.05) is 14.0 Å². The van der Waals surface area contributed by atoms with Crippen molar-refractivity contribution in [3.63, 3.8) is 0 Å². The Morgan fingerprint density at radius 2 is 1.79 bits per heavy atom. The fourth-order valence-corrected chi connectivity index (χ4v) is 2.60. The van der Waals surface area contributed by atoms with Gasteiger partial charge in [-0.25, -0.2) is 0 Å². The highest BCUT2D eigenvalue weighted by Gasteiger charge is 2.22. The lowest BCUT2D eigenvalue weighted by atomic mass is 9.98. The van der Waals surface area contributed by atoms with Crippen LogP contribution in [0.3, 0.4) is 0 Å². The van der Waals surface area contributed by atoms with Gasteiger partial charge in [-0.05, 0) is 39.3 Å². The monoisotopic (exact) mass is 266 g/mol. The highest BCUT2D eigenvalue weighted by Crippen LogP contribution is 2.12. The summed E-state index contributed by atoms with van der Waals surface area (Å²) < 4.78 is 0. The Kier molecular flexibility index (Phi) is 6.78. The van der Waals surface area contributed by atoms with Gasteiger partial charge < -0.3 is 15.1 Å². The Bertz CT molecular complexity index is 289. The largest absolute Gasteiger partial charge is 0.303 e. The minimum absolute atomic E-state index is 0.362. The third-order valence-electron chi connectivity index (χ3n) is 4.04. The lowest BCUT2D eigenvalue weighted by molar-refractivity contribution is 0.119. The predicted molar refractivity (Wildman–Crippen MR) is 80.0 cm³/mol. The van der Waals surface area contributed by atoms with Crippen molar-refractivity contribution in [2.24, 2.45) is 5.92 Å². The number of rotatable bonds is 7. The van der Waals surface area contributed by atoms with E-state index in [1.165, 1.54) is 32.7 Å². The van der Waals surface area contributed by atoms with E-state index in [0.29, 0.717) is 0 Å². The number of nitrogens with zero attached hydrogens (tertiary/aromatic N) is 3. The molecular weight excluding hydrogens is 236 g/mol. The smallest absolute Gasteiger partial charge is 0.103 e. The predicted octanol–water partition coefficient (Wildman–Crippen LogP) is 1.54. The minimum atomic E-state index is -0.362. The molecule has 19 heavy (non-hydrogen) atoms. The van der Waals surface area contributed by atoms with E-state index in [-0.39, 0.29) is 5.54 Å². The van der Waals surface area contributed by atoms with Gasteiger partial charge in [0.05, 0.1) is 6.07 Å². The summed E-state index contributed by atoms with van der Waals surface area (Å²) in [5, 5.41) is 12.2. The molecule has 1 heterocycles. The highest BCUT2D eigenvalue weighted by molar-refractivity contribution is 5.02. The van der Waals surface area contributed by atoms with Crippen molar-refractivity contribution in [3.8, 4) is 6.07 Å². The Balaban J connectivity index is 2.18. The van der Waals surface area contributed by atoms with Crippen LogP contribution >= 0.6 is 0 Å². The summed E-state index contributed by atoms with van der Waals surface area (Å²) in [4.78, 5) is 5.10. The molecular formula is C15H30N4. The average Bonchev–Trinajstić information content (AvgIpc) is 2.40. The molecule has 0 aromatic carbocycles. The van der Waals surface area contributed by atoms with E-state index in [2.05, 4.69) is 35.0 Å². The quantitative estimate of drug-likeness (QED) is 0.759. The van der Waals surface area contributed by atoms with Gasteiger partial charge in [0.1, 0.15) is 5.54 Å². The van der Waals surface area contributed by atoms with Crippen molar-refractivity contribution in [1.82, 2.24) is 15.1 Å². The molecule has 0 spiro atoms. The van der Waals surface area contributed by atoms with Crippen molar-refractivity contribution in [1.29, 1.82) is 5.26 Å². The van der Waals surface area contributed by atoms with Crippen LogP contribution < -0.4 is 5.32 Å². The molecule has 4 heteroatoms. The van der Waals surface area contributed by atoms with Crippen LogP contribution in [-0.4, -0.2) is 61.7 Å². The molecule has 1 aliphatic rings. The van der Waals surface area contributed by atoms with Gasteiger partial charge in [0, 0.05) is 32.7 Å². The summed E-state index contributed by atoms with van der Waals surface area (Å²) in [5.74, 6) is 0.763. The first-order valence-corrected chi connectivity index (χ1v) is 7.54. The average molecular weight is 266 g/mol. The van der Waals surface area contributed by atoms with E-state index in [0.717, 1.165) is 25.3 Å². The van der Waals surface area contributed by atoms with Gasteiger partial charge >= 0.3 is 0 Å². The van der Waals surface area contributed by atoms with Gasteiger partial charge in [0.25, 0.3) is 0 Å². The van der Waals surface area contributed by atoms with Gasteiger partial charge in [0.2, 0.25) is 0 Å². The molecule has 0 aromatic heterocycles. The van der Waals surface area contributed by atoms with Crippen molar-refractivity contribution >= 4 is 0 Å². The molecule has 0 saturated carbocycles. The number of hydrogen-bond donors (Lipinski definition) is 1. The van der Waals surface area contributed by atoms with Crippen LogP contribution in [0, 0.1) is 17.2 Å². The van der Waals surface area contributed by atoms with Gasteiger partial charge in [-0.1, -0.05) is 13.8 Å². The maximum Gasteiger partial charge on any atom is 0.103 e. The number of nitriles is 1. The first kappa shape index (κ1) is 16.4. The van der Waals surface area contributed by atoms with Gasteiger partial charge in [0.15, 0.2) is 0 Å². The molecule has 1 aliphatic heterocycles. The molecule has 0 amide bonds. The summed E-state index contributed by atoms with van der Waals surface area (Å²) in [5.41, 5.74) is -0.362. The van der Waals surface area contributed by atoms with E-state index >= 15 is 0 Å². The first-order chi connectivity index (χ1) is 8.99. The minimum Gasteiger partial charge on any atom is -0.303 e. The molecule has 0 radical (unpaired) electrons. The molecule has 4 nitrogen and oxygen atoms in total. The van der Waals surface area contributed by atoms with E-state index in [4.69, 9.17) is 5.26 Å². The zero-order valence-corrected chi connectivity index (χ0v) is 13.1. The van der Waals surface area contributed by atoms with Crippen LogP contribution in [0.25, 0.3) is 0 Å². The highest BCUT2D eigenvalue weighted by atomic mass is 15.3. The normalized spacial score (nSPS) is 21.3. The molecule has 0 aliphatic carbocycles. The summed E-state index contributed by atoms with van der Waals surface area (Å²) in [7, 11) is 1.87. The molecule has 1 fully saturated rings. The molecule has 1 atom stereocenters. The summed E-state index contributed by atoms with van der Waals surface area (Å²) in [6.07, 6.45) is 2.02. The molecule has 1 rings (SSSR count). The molecule has 110 valence electrons. The second-order valence-electron chi connectivity index (χ2n) is 6.33. The maximum absolute atomic E-state index is 9.11. The zero-order chi connectivity index (χ0) is 14.3. The van der Waals surface area contributed by atoms with Gasteiger partial charge in [-0.2, -0.15) is 5.26 Å². The van der Waals surface area contributed by atoms with Crippen LogP contribution in [0.5, 0.6) is 0 Å². The van der Waals surface area contributed by atoms with Crippen LogP contribution in [0.4, 0.5) is 0 Å². The Hall–Kier alpha value is -0.630. The van der Waals surface area contributed by atoms with E-state index in [1.54, 1.807) is 0 Å². The van der Waals surface area contributed by atoms with Crippen molar-refractivity contribution in [2.75, 3.05) is 46.3 Å². The molecule has 1 saturated heterocycles. The standard InChI is InChI=1S/C15H30N4/c1-14(2)12-19-10-8-18(9-11-19)7-5-6-15(3,13-16)17-4/h14,17H,5-12H2,1-4H3. The Morgan fingerprint density at radius 3 is 2.26 bits per heavy atom. The van der Waals surface area contributed by atoms with Crippen LogP contribution in [0.2, 0.25) is 0 Å². The molecule has 1 unspecified atom stereocenters. The van der Waals surface area contributed by atoms with Crippen molar-refractivity contribution in [3.05, 3.63) is 0 Å². The Morgan fingerprint density at radius 1 is 1.21 bits per heavy atom. The van der Waals surface area contributed by atoms with Crippen LogP contribution in [0.15, 0.2) is 0 Å². The molecule has 0 aromatic rings. The fraction of sp³-hybridized carbons (Fsp3) is 0.933. The van der Waals surface area contributed by atoms with Crippen LogP contribution in [-0.2, 0) is 0 Å².